The lowest BCUT2D eigenvalue weighted by Crippen LogP contribution is -2.51. The number of hydrogen-bond donors (Lipinski definition) is 0. The van der Waals surface area contributed by atoms with Crippen LogP contribution in [0.2, 0.25) is 0 Å². The first-order valence-corrected chi connectivity index (χ1v) is 44.8. The highest BCUT2D eigenvalue weighted by molar-refractivity contribution is 5.66. The molecule has 1 aromatic carbocycles. The van der Waals surface area contributed by atoms with E-state index in [4.69, 9.17) is 9.97 Å². The minimum absolute atomic E-state index is 0.306. The van der Waals surface area contributed by atoms with Crippen molar-refractivity contribution in [2.45, 2.75) is 374 Å². The highest BCUT2D eigenvalue weighted by atomic mass is 15.4. The number of fused-ring (bicyclic) bond motifs is 13. The fourth-order valence-corrected chi connectivity index (χ4v) is 27.2. The van der Waals surface area contributed by atoms with Crippen molar-refractivity contribution in [3.63, 3.8) is 0 Å². The molecular weight excluding hydrogens is 1400 g/mol. The van der Waals surface area contributed by atoms with Crippen molar-refractivity contribution in [2.24, 2.45) is 41.0 Å². The Balaban J connectivity index is 0.000000113. The van der Waals surface area contributed by atoms with Crippen LogP contribution in [0.5, 0.6) is 0 Å². The molecule has 6 aromatic heterocycles. The number of anilines is 6. The van der Waals surface area contributed by atoms with Crippen molar-refractivity contribution in [3.05, 3.63) is 175 Å². The van der Waals surface area contributed by atoms with E-state index in [1.807, 2.05) is 0 Å². The Hall–Kier alpha value is -7.12. The van der Waals surface area contributed by atoms with Gasteiger partial charge in [-0.05, 0) is 380 Å². The quantitative estimate of drug-likeness (QED) is 0.149. The van der Waals surface area contributed by atoms with Gasteiger partial charge in [-0.1, -0.05) is 58.0 Å². The van der Waals surface area contributed by atoms with E-state index < -0.39 is 0 Å². The summed E-state index contributed by atoms with van der Waals surface area (Å²) in [4.78, 5) is 42.0. The highest BCUT2D eigenvalue weighted by Crippen LogP contribution is 2.64. The number of benzene rings is 1. The van der Waals surface area contributed by atoms with Crippen LogP contribution in [0.3, 0.4) is 0 Å². The van der Waals surface area contributed by atoms with Gasteiger partial charge in [-0.25, -0.2) is 9.47 Å². The monoisotopic (exact) mass is 1540 g/mol. The van der Waals surface area contributed by atoms with Gasteiger partial charge in [0, 0.05) is 105 Å². The molecule has 13 heteroatoms. The van der Waals surface area contributed by atoms with Crippen molar-refractivity contribution in [2.75, 3.05) is 36.4 Å². The summed E-state index contributed by atoms with van der Waals surface area (Å²) in [6.45, 7) is 64.0. The predicted molar refractivity (Wildman–Crippen MR) is 478 cm³/mol. The zero-order valence-electron chi connectivity index (χ0n) is 76.6. The van der Waals surface area contributed by atoms with E-state index in [0.717, 1.165) is 58.3 Å². The third-order valence-electron chi connectivity index (χ3n) is 32.7. The molecule has 5 saturated carbocycles. The van der Waals surface area contributed by atoms with Gasteiger partial charge in [0.1, 0.15) is 12.2 Å². The summed E-state index contributed by atoms with van der Waals surface area (Å²) < 4.78 is 2.24. The lowest BCUT2D eigenvalue weighted by atomic mass is 9.75. The van der Waals surface area contributed by atoms with Gasteiger partial charge in [0.25, 0.3) is 5.82 Å². The Morgan fingerprint density at radius 2 is 0.868 bits per heavy atom. The molecule has 19 atom stereocenters. The summed E-state index contributed by atoms with van der Waals surface area (Å²) in [5, 5.41) is 0. The van der Waals surface area contributed by atoms with Crippen LogP contribution in [-0.4, -0.2) is 102 Å². The van der Waals surface area contributed by atoms with E-state index in [0.29, 0.717) is 81.3 Å². The van der Waals surface area contributed by atoms with Gasteiger partial charge in [-0.15, -0.1) is 0 Å². The van der Waals surface area contributed by atoms with Crippen LogP contribution in [0.15, 0.2) is 79.0 Å². The molecule has 0 N–H and O–H groups in total. The first-order valence-electron chi connectivity index (χ1n) is 44.8. The van der Waals surface area contributed by atoms with Gasteiger partial charge in [0.2, 0.25) is 0 Å². The average Bonchev–Trinajstić information content (AvgIpc) is 1.54. The number of aromatic nitrogens is 6. The van der Waals surface area contributed by atoms with Crippen LogP contribution in [-0.2, 0) is 7.05 Å². The first-order chi connectivity index (χ1) is 53.6. The fraction of sp³-hybridized carbons (Fsp3) is 0.644. The van der Waals surface area contributed by atoms with E-state index in [9.17, 15) is 0 Å². The molecular formula is C101H148N13+. The molecule has 114 heavy (non-hydrogen) atoms. The summed E-state index contributed by atoms with van der Waals surface area (Å²) in [5.41, 5.74) is 31.1. The van der Waals surface area contributed by atoms with E-state index in [-0.39, 0.29) is 0 Å². The van der Waals surface area contributed by atoms with Gasteiger partial charge in [-0.3, -0.25) is 29.8 Å². The second-order valence-corrected chi connectivity index (χ2v) is 41.0. The second kappa shape index (κ2) is 30.7. The Bertz CT molecular complexity index is 4640. The summed E-state index contributed by atoms with van der Waals surface area (Å²) >= 11 is 0. The second-order valence-electron chi connectivity index (χ2n) is 41.0. The molecule has 13 aliphatic rings. The van der Waals surface area contributed by atoms with Crippen molar-refractivity contribution in [1.82, 2.24) is 29.8 Å². The van der Waals surface area contributed by atoms with Crippen LogP contribution in [0, 0.1) is 138 Å². The first kappa shape index (κ1) is 83.4. The normalized spacial score (nSPS) is 34.0. The lowest BCUT2D eigenvalue weighted by molar-refractivity contribution is -0.659. The summed E-state index contributed by atoms with van der Waals surface area (Å²) in [6.07, 6.45) is 24.1. The van der Waals surface area contributed by atoms with E-state index in [2.05, 4.69) is 341 Å². The summed E-state index contributed by atoms with van der Waals surface area (Å²) in [5.74, 6) is 3.91. The molecule has 12 bridgehead atoms. The van der Waals surface area contributed by atoms with Gasteiger partial charge in [-0.2, -0.15) is 0 Å². The minimum atomic E-state index is 0.306. The van der Waals surface area contributed by atoms with Crippen molar-refractivity contribution in [1.29, 1.82) is 0 Å². The Labute approximate surface area is 690 Å². The molecule has 0 radical (unpaired) electrons. The lowest BCUT2D eigenvalue weighted by Gasteiger charge is -2.47. The van der Waals surface area contributed by atoms with Gasteiger partial charge in [0.15, 0.2) is 0 Å². The molecule has 0 amide bonds. The molecule has 616 valence electrons. The number of nitrogens with zero attached hydrogens (tertiary/aromatic N) is 13. The molecule has 7 aromatic rings. The number of piperidine rings is 5. The molecule has 20 rings (SSSR count). The van der Waals surface area contributed by atoms with Crippen molar-refractivity contribution in [3.8, 4) is 0 Å². The third-order valence-corrected chi connectivity index (χ3v) is 32.7. The van der Waals surface area contributed by atoms with Crippen LogP contribution in [0.4, 0.5) is 34.3 Å². The van der Waals surface area contributed by atoms with Crippen LogP contribution in [0.1, 0.15) is 301 Å². The van der Waals surface area contributed by atoms with Crippen molar-refractivity contribution < 1.29 is 4.57 Å². The maximum Gasteiger partial charge on any atom is 0.278 e. The number of rotatable bonds is 6. The van der Waals surface area contributed by atoms with Crippen LogP contribution < -0.4 is 34.0 Å². The topological polar surface area (TPSA) is 91.0 Å². The van der Waals surface area contributed by atoms with Crippen molar-refractivity contribution >= 4 is 34.3 Å². The van der Waals surface area contributed by atoms with Gasteiger partial charge in [0.05, 0.1) is 70.2 Å². The maximum atomic E-state index is 4.73. The van der Waals surface area contributed by atoms with Crippen LogP contribution >= 0.6 is 0 Å². The molecule has 13 heterocycles. The summed E-state index contributed by atoms with van der Waals surface area (Å²) in [7, 11) is 4.42. The smallest absolute Gasteiger partial charge is 0.278 e. The Morgan fingerprint density at radius 1 is 0.386 bits per heavy atom. The largest absolute Gasteiger partial charge is 0.364 e. The molecule has 19 unspecified atom stereocenters. The van der Waals surface area contributed by atoms with E-state index >= 15 is 0 Å². The summed E-state index contributed by atoms with van der Waals surface area (Å²) in [6, 6.07) is 32.4. The van der Waals surface area contributed by atoms with Gasteiger partial charge < -0.3 is 24.5 Å². The van der Waals surface area contributed by atoms with E-state index in [1.54, 1.807) is 0 Å². The highest BCUT2D eigenvalue weighted by Gasteiger charge is 2.63. The average molecular weight is 1540 g/mol. The molecule has 13 nitrogen and oxygen atoms in total. The molecule has 6 saturated heterocycles. The molecule has 11 fully saturated rings. The fourth-order valence-electron chi connectivity index (χ4n) is 27.2. The van der Waals surface area contributed by atoms with Crippen LogP contribution in [0.25, 0.3) is 0 Å². The van der Waals surface area contributed by atoms with E-state index in [1.165, 1.54) is 204 Å². The zero-order chi connectivity index (χ0) is 82.4. The SMILES string of the molecule is CC1N(C)C2CCC(c3ccccc32)N1c1cccc[n+]1C.Cc1cc(C)c(N2C(C)C3(C)CC2(C)CC3C)c(C)n1.Cc1cc(C)c(N2C(C)C3(C)CCC2(C)C3)c(C)n1.Cc1cc(C)c(N2C(C)C3CCC2(C)C3)c(C)n1.Cc1cc(C)c(N2C3CCC(C)(C3)C2C)c(C)n1.Cc1cc(C)c(N2C3CCC(C3)C2C)c(C)n1. The standard InChI is InChI=1S/C19H24N3.C18H28N2.C17H26N2.2C16H24N2.C15H22N2/c1-14-21(3)17-11-12-18(16-9-5-4-8-15(16)17)22(14)19-10-6-7-13-20(19)2;1-11-8-13(3)19-14(4)16(11)20-15(5)18(7)10-17(20,6)9-12(18)2;1-11-9-12(2)18-13(3)15(11)19-14(4)16(5)7-8-17(19,6)10-16;1-10-8-11(2)17-12(3)15(10)18-13(4)16(5)7-6-14(18)9-16;1-10-8-11(2)17-12(3)15(10)18-13(4)14-6-7-16(18,5)9-14;1-9-7-10(2)16-11(3)15(9)17-12(4)13-5-6-14(17)8-13/h4-10,13-14,17-18H,11-12H2,1-3H3;8,12,15H,9-10H2,1-7H3;9,14H,7-8,10H2,1-6H3;2*8,13-14H,6-7,9H2,1-5H3;7,12-14H,5-6,8H2,1-4H3/q+1;;;;;. The Morgan fingerprint density at radius 3 is 1.31 bits per heavy atom. The minimum Gasteiger partial charge on any atom is -0.364 e. The molecule has 6 aliphatic carbocycles. The number of pyridine rings is 6. The number of aryl methyl sites for hydroxylation is 16. The third kappa shape index (κ3) is 14.3. The Kier molecular flexibility index (Phi) is 22.4. The molecule has 0 spiro atoms. The zero-order valence-corrected chi connectivity index (χ0v) is 76.6. The number of hydrogen-bond acceptors (Lipinski definition) is 12. The predicted octanol–water partition coefficient (Wildman–Crippen LogP) is 22.7. The molecule has 7 aliphatic heterocycles. The van der Waals surface area contributed by atoms with Gasteiger partial charge >= 0.3 is 0 Å². The maximum absolute atomic E-state index is 4.73.